The van der Waals surface area contributed by atoms with Crippen LogP contribution in [0.3, 0.4) is 0 Å². The van der Waals surface area contributed by atoms with Crippen LogP contribution in [0.5, 0.6) is 11.5 Å². The lowest BCUT2D eigenvalue weighted by Gasteiger charge is -2.15. The van der Waals surface area contributed by atoms with Gasteiger partial charge in [0.1, 0.15) is 17.1 Å². The number of carbonyl (C=O) groups excluding carboxylic acids is 1. The van der Waals surface area contributed by atoms with Crippen LogP contribution in [-0.2, 0) is 0 Å². The number of nitrogens with one attached hydrogen (secondary N) is 1. The number of halogens is 1. The van der Waals surface area contributed by atoms with Crippen LogP contribution in [0.15, 0.2) is 42.5 Å². The molecule has 0 aliphatic heterocycles. The fraction of sp³-hybridized carbons (Fsp3) is 0.133. The summed E-state index contributed by atoms with van der Waals surface area (Å²) in [6.45, 7) is 1.79. The average Bonchev–Trinajstić information content (AvgIpc) is 2.38. The molecule has 1 atom stereocenters. The molecule has 0 aromatic heterocycles. The number of hydrogen-bond donors (Lipinski definition) is 3. The van der Waals surface area contributed by atoms with Crippen molar-refractivity contribution in [3.63, 3.8) is 0 Å². The molecule has 0 fully saturated rings. The van der Waals surface area contributed by atoms with E-state index < -0.39 is 5.91 Å². The zero-order valence-electron chi connectivity index (χ0n) is 10.8. The Morgan fingerprint density at radius 3 is 2.35 bits per heavy atom. The van der Waals surface area contributed by atoms with Crippen molar-refractivity contribution in [2.45, 2.75) is 13.0 Å². The van der Waals surface area contributed by atoms with Gasteiger partial charge < -0.3 is 15.5 Å². The lowest BCUT2D eigenvalue weighted by Crippen LogP contribution is -2.26. The molecule has 4 nitrogen and oxygen atoms in total. The van der Waals surface area contributed by atoms with Gasteiger partial charge in [-0.1, -0.05) is 29.8 Å². The second kappa shape index (κ2) is 5.84. The zero-order chi connectivity index (χ0) is 14.7. The topological polar surface area (TPSA) is 69.6 Å². The molecule has 0 heterocycles. The van der Waals surface area contributed by atoms with Crippen LogP contribution in [0.4, 0.5) is 0 Å². The first-order chi connectivity index (χ1) is 9.49. The maximum atomic E-state index is 12.1. The Kier molecular flexibility index (Phi) is 4.15. The molecule has 20 heavy (non-hydrogen) atoms. The Hall–Kier alpha value is -2.20. The van der Waals surface area contributed by atoms with Gasteiger partial charge in [-0.3, -0.25) is 4.79 Å². The molecule has 0 aliphatic rings. The second-order valence-electron chi connectivity index (χ2n) is 4.42. The van der Waals surface area contributed by atoms with Gasteiger partial charge in [0.15, 0.2) is 0 Å². The minimum atomic E-state index is -0.548. The molecule has 0 aliphatic carbocycles. The summed E-state index contributed by atoms with van der Waals surface area (Å²) >= 11 is 5.90. The first-order valence-electron chi connectivity index (χ1n) is 6.06. The SMILES string of the molecule is CC(NC(=O)c1c(O)cccc1O)c1cccc(Cl)c1. The summed E-state index contributed by atoms with van der Waals surface area (Å²) in [6.07, 6.45) is 0. The lowest BCUT2D eigenvalue weighted by molar-refractivity contribution is 0.0934. The van der Waals surface area contributed by atoms with Gasteiger partial charge in [0.05, 0.1) is 6.04 Å². The summed E-state index contributed by atoms with van der Waals surface area (Å²) < 4.78 is 0. The van der Waals surface area contributed by atoms with E-state index >= 15 is 0 Å². The number of phenols is 2. The number of benzene rings is 2. The Morgan fingerprint density at radius 1 is 1.15 bits per heavy atom. The van der Waals surface area contributed by atoms with Gasteiger partial charge in [-0.15, -0.1) is 0 Å². The summed E-state index contributed by atoms with van der Waals surface area (Å²) in [4.78, 5) is 12.1. The third kappa shape index (κ3) is 3.03. The van der Waals surface area contributed by atoms with E-state index in [0.29, 0.717) is 5.02 Å². The number of hydrogen-bond acceptors (Lipinski definition) is 3. The Labute approximate surface area is 121 Å². The van der Waals surface area contributed by atoms with E-state index in [-0.39, 0.29) is 23.1 Å². The van der Waals surface area contributed by atoms with Gasteiger partial charge in [0.2, 0.25) is 0 Å². The first kappa shape index (κ1) is 14.2. The van der Waals surface area contributed by atoms with Crippen molar-refractivity contribution >= 4 is 17.5 Å². The van der Waals surface area contributed by atoms with Crippen molar-refractivity contribution in [1.29, 1.82) is 0 Å². The van der Waals surface area contributed by atoms with Gasteiger partial charge in [-0.2, -0.15) is 0 Å². The predicted molar refractivity (Wildman–Crippen MR) is 77.1 cm³/mol. The number of aromatic hydroxyl groups is 2. The summed E-state index contributed by atoms with van der Waals surface area (Å²) in [6, 6.07) is 11.0. The van der Waals surface area contributed by atoms with E-state index in [2.05, 4.69) is 5.32 Å². The normalized spacial score (nSPS) is 11.9. The van der Waals surface area contributed by atoms with Gasteiger partial charge in [0, 0.05) is 5.02 Å². The van der Waals surface area contributed by atoms with Crippen LogP contribution < -0.4 is 5.32 Å². The number of carbonyl (C=O) groups is 1. The van der Waals surface area contributed by atoms with Crippen LogP contribution in [0.2, 0.25) is 5.02 Å². The Bertz CT molecular complexity index is 623. The predicted octanol–water partition coefficient (Wildman–Crippen LogP) is 3.24. The molecule has 0 radical (unpaired) electrons. The van der Waals surface area contributed by atoms with Crippen LogP contribution in [0.1, 0.15) is 28.9 Å². The molecule has 2 aromatic rings. The molecule has 0 bridgehead atoms. The molecule has 0 saturated heterocycles. The highest BCUT2D eigenvalue weighted by molar-refractivity contribution is 6.30. The quantitative estimate of drug-likeness (QED) is 0.813. The third-order valence-electron chi connectivity index (χ3n) is 2.94. The molecule has 2 aromatic carbocycles. The maximum absolute atomic E-state index is 12.1. The van der Waals surface area contributed by atoms with E-state index in [0.717, 1.165) is 5.56 Å². The van der Waals surface area contributed by atoms with Crippen molar-refractivity contribution in [2.24, 2.45) is 0 Å². The minimum Gasteiger partial charge on any atom is -0.507 e. The summed E-state index contributed by atoms with van der Waals surface area (Å²) in [5.41, 5.74) is 0.696. The van der Waals surface area contributed by atoms with Gasteiger partial charge >= 0.3 is 0 Å². The van der Waals surface area contributed by atoms with E-state index in [4.69, 9.17) is 11.6 Å². The number of amides is 1. The first-order valence-corrected chi connectivity index (χ1v) is 6.44. The van der Waals surface area contributed by atoms with Crippen LogP contribution in [0.25, 0.3) is 0 Å². The van der Waals surface area contributed by atoms with Crippen LogP contribution in [-0.4, -0.2) is 16.1 Å². The standard InChI is InChI=1S/C15H14ClNO3/c1-9(10-4-2-5-11(16)8-10)17-15(20)14-12(18)6-3-7-13(14)19/h2-9,18-19H,1H3,(H,17,20). The highest BCUT2D eigenvalue weighted by atomic mass is 35.5. The van der Waals surface area contributed by atoms with Crippen LogP contribution >= 0.6 is 11.6 Å². The van der Waals surface area contributed by atoms with Crippen molar-refractivity contribution in [1.82, 2.24) is 5.32 Å². The van der Waals surface area contributed by atoms with Crippen molar-refractivity contribution in [3.05, 3.63) is 58.6 Å². The molecular formula is C15H14ClNO3. The Morgan fingerprint density at radius 2 is 1.75 bits per heavy atom. The second-order valence-corrected chi connectivity index (χ2v) is 4.86. The molecule has 0 saturated carbocycles. The molecular weight excluding hydrogens is 278 g/mol. The highest BCUT2D eigenvalue weighted by Crippen LogP contribution is 2.27. The molecule has 104 valence electrons. The monoisotopic (exact) mass is 291 g/mol. The summed E-state index contributed by atoms with van der Waals surface area (Å²) in [5, 5.41) is 22.6. The molecule has 2 rings (SSSR count). The van der Waals surface area contributed by atoms with Crippen LogP contribution in [0, 0.1) is 0 Å². The lowest BCUT2D eigenvalue weighted by atomic mass is 10.1. The van der Waals surface area contributed by atoms with E-state index in [1.165, 1.54) is 18.2 Å². The molecule has 1 amide bonds. The number of phenolic OH excluding ortho intramolecular Hbond substituents is 2. The van der Waals surface area contributed by atoms with Gasteiger partial charge in [-0.25, -0.2) is 0 Å². The molecule has 5 heteroatoms. The van der Waals surface area contributed by atoms with Gasteiger partial charge in [0.25, 0.3) is 5.91 Å². The smallest absolute Gasteiger partial charge is 0.259 e. The summed E-state index contributed by atoms with van der Waals surface area (Å²) in [7, 11) is 0. The zero-order valence-corrected chi connectivity index (χ0v) is 11.6. The van der Waals surface area contributed by atoms with Crippen molar-refractivity contribution < 1.29 is 15.0 Å². The third-order valence-corrected chi connectivity index (χ3v) is 3.18. The molecule has 0 spiro atoms. The average molecular weight is 292 g/mol. The minimum absolute atomic E-state index is 0.138. The van der Waals surface area contributed by atoms with Crippen molar-refractivity contribution in [3.8, 4) is 11.5 Å². The van der Waals surface area contributed by atoms with E-state index in [1.807, 2.05) is 6.07 Å². The maximum Gasteiger partial charge on any atom is 0.259 e. The molecule has 3 N–H and O–H groups in total. The van der Waals surface area contributed by atoms with Crippen molar-refractivity contribution in [2.75, 3.05) is 0 Å². The number of rotatable bonds is 3. The Balaban J connectivity index is 2.20. The van der Waals surface area contributed by atoms with E-state index in [9.17, 15) is 15.0 Å². The fourth-order valence-electron chi connectivity index (χ4n) is 1.89. The highest BCUT2D eigenvalue weighted by Gasteiger charge is 2.18. The van der Waals surface area contributed by atoms with Gasteiger partial charge in [-0.05, 0) is 36.8 Å². The fourth-order valence-corrected chi connectivity index (χ4v) is 2.09. The molecule has 1 unspecified atom stereocenters. The van der Waals surface area contributed by atoms with E-state index in [1.54, 1.807) is 25.1 Å². The summed E-state index contributed by atoms with van der Waals surface area (Å²) in [5.74, 6) is -1.07. The largest absolute Gasteiger partial charge is 0.507 e.